The van der Waals surface area contributed by atoms with Gasteiger partial charge < -0.3 is 4.74 Å². The second-order valence-electron chi connectivity index (χ2n) is 4.37. The predicted molar refractivity (Wildman–Crippen MR) is 70.7 cm³/mol. The van der Waals surface area contributed by atoms with Gasteiger partial charge >= 0.3 is 0 Å². The second kappa shape index (κ2) is 5.25. The van der Waals surface area contributed by atoms with Crippen LogP contribution in [0.4, 0.5) is 0 Å². The number of primary sulfonamides is 1. The van der Waals surface area contributed by atoms with Gasteiger partial charge in [-0.3, -0.25) is 0 Å². The summed E-state index contributed by atoms with van der Waals surface area (Å²) in [5.74, 6) is 0.854. The van der Waals surface area contributed by atoms with Gasteiger partial charge in [0.25, 0.3) is 0 Å². The molecule has 0 spiro atoms. The summed E-state index contributed by atoms with van der Waals surface area (Å²) < 4.78 is 27.9. The molecule has 1 aromatic rings. The zero-order valence-electron chi connectivity index (χ0n) is 9.53. The summed E-state index contributed by atoms with van der Waals surface area (Å²) in [5, 5.41) is 5.33. The van der Waals surface area contributed by atoms with Gasteiger partial charge in [-0.25, -0.2) is 13.6 Å². The van der Waals surface area contributed by atoms with E-state index in [9.17, 15) is 8.42 Å². The molecule has 1 saturated carbocycles. The lowest BCUT2D eigenvalue weighted by atomic mass is 9.86. The SMILES string of the molecule is NS(=O)(=O)c1cc(Cl)c(OCC2CCC2)c(Cl)c1. The molecule has 7 heteroatoms. The molecule has 0 aromatic heterocycles. The van der Waals surface area contributed by atoms with Crippen LogP contribution in [0.15, 0.2) is 17.0 Å². The molecule has 0 radical (unpaired) electrons. The summed E-state index contributed by atoms with van der Waals surface area (Å²) in [7, 11) is -3.81. The highest BCUT2D eigenvalue weighted by Crippen LogP contribution is 2.36. The molecule has 1 aromatic carbocycles. The van der Waals surface area contributed by atoms with Crippen LogP contribution in [-0.4, -0.2) is 15.0 Å². The molecule has 1 aliphatic carbocycles. The van der Waals surface area contributed by atoms with Crippen molar-refractivity contribution in [2.75, 3.05) is 6.61 Å². The maximum atomic E-state index is 11.2. The molecule has 1 aliphatic rings. The van der Waals surface area contributed by atoms with Gasteiger partial charge in [0.15, 0.2) is 5.75 Å². The zero-order chi connectivity index (χ0) is 13.3. The maximum absolute atomic E-state index is 11.2. The predicted octanol–water partition coefficient (Wildman–Crippen LogP) is 2.82. The van der Waals surface area contributed by atoms with Crippen molar-refractivity contribution in [2.24, 2.45) is 11.1 Å². The van der Waals surface area contributed by atoms with E-state index in [0.29, 0.717) is 18.3 Å². The Morgan fingerprint density at radius 3 is 2.22 bits per heavy atom. The van der Waals surface area contributed by atoms with E-state index >= 15 is 0 Å². The first-order valence-electron chi connectivity index (χ1n) is 5.52. The molecule has 0 unspecified atom stereocenters. The van der Waals surface area contributed by atoms with E-state index in [-0.39, 0.29) is 14.9 Å². The topological polar surface area (TPSA) is 69.4 Å². The van der Waals surface area contributed by atoms with Gasteiger partial charge in [0.1, 0.15) is 0 Å². The Balaban J connectivity index is 2.20. The Labute approximate surface area is 116 Å². The number of sulfonamides is 1. The summed E-state index contributed by atoms with van der Waals surface area (Å²) in [6.45, 7) is 0.550. The first kappa shape index (κ1) is 13.9. The fourth-order valence-electron chi connectivity index (χ4n) is 1.70. The van der Waals surface area contributed by atoms with Crippen molar-refractivity contribution in [2.45, 2.75) is 24.2 Å². The number of ether oxygens (including phenoxy) is 1. The molecule has 0 heterocycles. The van der Waals surface area contributed by atoms with Crippen LogP contribution in [0, 0.1) is 5.92 Å². The summed E-state index contributed by atoms with van der Waals surface area (Å²) in [4.78, 5) is -0.117. The Morgan fingerprint density at radius 1 is 1.28 bits per heavy atom. The average molecular weight is 310 g/mol. The van der Waals surface area contributed by atoms with Crippen molar-refractivity contribution in [3.8, 4) is 5.75 Å². The molecule has 4 nitrogen and oxygen atoms in total. The molecular formula is C11H13Cl2NO3S. The lowest BCUT2D eigenvalue weighted by molar-refractivity contribution is 0.181. The molecule has 2 N–H and O–H groups in total. The van der Waals surface area contributed by atoms with Crippen LogP contribution in [0.3, 0.4) is 0 Å². The summed E-state index contributed by atoms with van der Waals surface area (Å²) in [6.07, 6.45) is 3.51. The van der Waals surface area contributed by atoms with Gasteiger partial charge in [0.05, 0.1) is 21.5 Å². The van der Waals surface area contributed by atoms with Crippen LogP contribution in [0.25, 0.3) is 0 Å². The zero-order valence-corrected chi connectivity index (χ0v) is 11.9. The summed E-state index contributed by atoms with van der Waals surface area (Å²) in [6, 6.07) is 2.50. The van der Waals surface area contributed by atoms with Gasteiger partial charge in [-0.15, -0.1) is 0 Å². The number of rotatable bonds is 4. The minimum atomic E-state index is -3.81. The van der Waals surface area contributed by atoms with Crippen molar-refractivity contribution < 1.29 is 13.2 Å². The monoisotopic (exact) mass is 309 g/mol. The van der Waals surface area contributed by atoms with Gasteiger partial charge in [0.2, 0.25) is 10.0 Å². The highest BCUT2D eigenvalue weighted by molar-refractivity contribution is 7.89. The van der Waals surface area contributed by atoms with E-state index in [1.54, 1.807) is 0 Å². The minimum Gasteiger partial charge on any atom is -0.490 e. The Kier molecular flexibility index (Phi) is 4.06. The number of halogens is 2. The first-order valence-corrected chi connectivity index (χ1v) is 7.83. The third kappa shape index (κ3) is 3.09. The van der Waals surface area contributed by atoms with Crippen LogP contribution in [0.2, 0.25) is 10.0 Å². The third-order valence-corrected chi connectivity index (χ3v) is 4.44. The fraction of sp³-hybridized carbons (Fsp3) is 0.455. The van der Waals surface area contributed by atoms with E-state index < -0.39 is 10.0 Å². The molecule has 0 saturated heterocycles. The van der Waals surface area contributed by atoms with Crippen LogP contribution >= 0.6 is 23.2 Å². The largest absolute Gasteiger partial charge is 0.490 e. The lowest BCUT2D eigenvalue weighted by Gasteiger charge is -2.25. The standard InChI is InChI=1S/C11H13Cl2NO3S/c12-9-4-8(18(14,15)16)5-10(13)11(9)17-6-7-2-1-3-7/h4-5,7H,1-3,6H2,(H2,14,15,16). The molecule has 2 rings (SSSR count). The number of hydrogen-bond acceptors (Lipinski definition) is 3. The van der Waals surface area contributed by atoms with Gasteiger partial charge in [-0.05, 0) is 30.9 Å². The molecule has 1 fully saturated rings. The van der Waals surface area contributed by atoms with Gasteiger partial charge in [0, 0.05) is 0 Å². The quantitative estimate of drug-likeness (QED) is 0.929. The fourth-order valence-corrected chi connectivity index (χ4v) is 2.99. The number of benzene rings is 1. The molecular weight excluding hydrogens is 297 g/mol. The van der Waals surface area contributed by atoms with Crippen LogP contribution in [0.1, 0.15) is 19.3 Å². The van der Waals surface area contributed by atoms with Crippen molar-refractivity contribution in [3.63, 3.8) is 0 Å². The van der Waals surface area contributed by atoms with E-state index in [1.165, 1.54) is 18.6 Å². The normalized spacial score (nSPS) is 16.4. The van der Waals surface area contributed by atoms with E-state index in [2.05, 4.69) is 0 Å². The van der Waals surface area contributed by atoms with E-state index in [1.807, 2.05) is 0 Å². The van der Waals surface area contributed by atoms with E-state index in [0.717, 1.165) is 12.8 Å². The molecule has 18 heavy (non-hydrogen) atoms. The van der Waals surface area contributed by atoms with Gasteiger partial charge in [-0.1, -0.05) is 29.6 Å². The van der Waals surface area contributed by atoms with Crippen LogP contribution in [0.5, 0.6) is 5.75 Å². The Morgan fingerprint density at radius 2 is 1.83 bits per heavy atom. The Bertz CT molecular complexity index is 532. The van der Waals surface area contributed by atoms with Crippen molar-refractivity contribution in [1.82, 2.24) is 0 Å². The summed E-state index contributed by atoms with van der Waals surface area (Å²) >= 11 is 11.9. The number of nitrogens with two attached hydrogens (primary N) is 1. The lowest BCUT2D eigenvalue weighted by Crippen LogP contribution is -2.19. The van der Waals surface area contributed by atoms with Crippen LogP contribution in [-0.2, 0) is 10.0 Å². The maximum Gasteiger partial charge on any atom is 0.238 e. The minimum absolute atomic E-state index is 0.117. The highest BCUT2D eigenvalue weighted by atomic mass is 35.5. The molecule has 0 bridgehead atoms. The molecule has 0 atom stereocenters. The second-order valence-corrected chi connectivity index (χ2v) is 6.74. The molecule has 0 aliphatic heterocycles. The Hall–Kier alpha value is -0.490. The highest BCUT2D eigenvalue weighted by Gasteiger charge is 2.20. The van der Waals surface area contributed by atoms with E-state index in [4.69, 9.17) is 33.1 Å². The van der Waals surface area contributed by atoms with Crippen molar-refractivity contribution >= 4 is 33.2 Å². The molecule has 0 amide bonds. The third-order valence-electron chi connectivity index (χ3n) is 2.99. The summed E-state index contributed by atoms with van der Waals surface area (Å²) in [5.41, 5.74) is 0. The van der Waals surface area contributed by atoms with Crippen molar-refractivity contribution in [1.29, 1.82) is 0 Å². The first-order chi connectivity index (χ1) is 8.38. The smallest absolute Gasteiger partial charge is 0.238 e. The number of hydrogen-bond donors (Lipinski definition) is 1. The van der Waals surface area contributed by atoms with Crippen molar-refractivity contribution in [3.05, 3.63) is 22.2 Å². The average Bonchev–Trinajstić information content (AvgIpc) is 2.17. The van der Waals surface area contributed by atoms with Gasteiger partial charge in [-0.2, -0.15) is 0 Å². The molecule has 100 valence electrons. The van der Waals surface area contributed by atoms with Crippen LogP contribution < -0.4 is 9.88 Å².